The van der Waals surface area contributed by atoms with Crippen LogP contribution in [-0.4, -0.2) is 24.5 Å². The Kier molecular flexibility index (Phi) is 4.62. The number of fused-ring (bicyclic) bond motifs is 2. The summed E-state index contributed by atoms with van der Waals surface area (Å²) >= 11 is 0. The summed E-state index contributed by atoms with van der Waals surface area (Å²) in [6.45, 7) is 1.71. The fraction of sp³-hybridized carbons (Fsp3) is 0.0909. The van der Waals surface area contributed by atoms with Gasteiger partial charge in [0.1, 0.15) is 35.0 Å². The first-order valence-corrected chi connectivity index (χ1v) is 9.64. The van der Waals surface area contributed by atoms with E-state index in [1.54, 1.807) is 13.0 Å². The maximum absolute atomic E-state index is 14.7. The normalized spacial score (nSPS) is 12.4. The van der Waals surface area contributed by atoms with Crippen molar-refractivity contribution in [1.82, 2.24) is 24.5 Å². The van der Waals surface area contributed by atoms with Crippen molar-refractivity contribution in [2.75, 3.05) is 5.32 Å². The van der Waals surface area contributed by atoms with Gasteiger partial charge >= 0.3 is 0 Å². The molecule has 32 heavy (non-hydrogen) atoms. The SMILES string of the molecule is C[C@H](Nc1ncnc2[nH]cnc12)c1cc2ccc(F)cc2c(=O)n1-c1c(F)cccc1F. The van der Waals surface area contributed by atoms with Gasteiger partial charge in [-0.15, -0.1) is 0 Å². The summed E-state index contributed by atoms with van der Waals surface area (Å²) in [5.74, 6) is -2.10. The van der Waals surface area contributed by atoms with Gasteiger partial charge in [-0.2, -0.15) is 0 Å². The van der Waals surface area contributed by atoms with Crippen molar-refractivity contribution in [2.24, 2.45) is 0 Å². The van der Waals surface area contributed by atoms with Crippen molar-refractivity contribution in [1.29, 1.82) is 0 Å². The molecule has 2 N–H and O–H groups in total. The van der Waals surface area contributed by atoms with Crippen LogP contribution in [0.15, 0.2) is 59.9 Å². The number of benzene rings is 2. The number of para-hydroxylation sites is 1. The predicted octanol–water partition coefficient (Wildman–Crippen LogP) is 4.25. The lowest BCUT2D eigenvalue weighted by Gasteiger charge is -2.22. The molecule has 10 heteroatoms. The second-order valence-corrected chi connectivity index (χ2v) is 7.20. The fourth-order valence-corrected chi connectivity index (χ4v) is 3.70. The molecule has 0 aliphatic heterocycles. The molecule has 0 spiro atoms. The van der Waals surface area contributed by atoms with Crippen LogP contribution in [0.3, 0.4) is 0 Å². The molecule has 0 saturated carbocycles. The van der Waals surface area contributed by atoms with Gasteiger partial charge in [0.25, 0.3) is 5.56 Å². The third-order valence-corrected chi connectivity index (χ3v) is 5.19. The van der Waals surface area contributed by atoms with Crippen LogP contribution in [0, 0.1) is 17.5 Å². The van der Waals surface area contributed by atoms with Crippen molar-refractivity contribution in [3.8, 4) is 5.69 Å². The Bertz CT molecular complexity index is 1520. The minimum absolute atomic E-state index is 0.000306. The minimum atomic E-state index is -0.923. The van der Waals surface area contributed by atoms with Gasteiger partial charge < -0.3 is 10.3 Å². The van der Waals surface area contributed by atoms with E-state index in [1.807, 2.05) is 0 Å². The van der Waals surface area contributed by atoms with E-state index in [-0.39, 0.29) is 11.1 Å². The Labute approximate surface area is 178 Å². The summed E-state index contributed by atoms with van der Waals surface area (Å²) in [7, 11) is 0. The standard InChI is InChI=1S/C22H15F3N6O/c1-11(30-21-18-20(27-9-26-18)28-10-29-21)17-7-12-5-6-13(23)8-14(12)22(32)31(17)19-15(24)3-2-4-16(19)25/h2-11H,1H3,(H2,26,27,28,29,30)/t11-/m0/s1. The number of anilines is 1. The molecule has 0 aliphatic carbocycles. The Morgan fingerprint density at radius 3 is 2.59 bits per heavy atom. The predicted molar refractivity (Wildman–Crippen MR) is 113 cm³/mol. The number of aromatic amines is 1. The van der Waals surface area contributed by atoms with Crippen LogP contribution in [0.25, 0.3) is 27.6 Å². The van der Waals surface area contributed by atoms with Gasteiger partial charge in [-0.05, 0) is 42.6 Å². The molecule has 160 valence electrons. The molecule has 5 rings (SSSR count). The Morgan fingerprint density at radius 1 is 1.03 bits per heavy atom. The average molecular weight is 436 g/mol. The van der Waals surface area contributed by atoms with E-state index in [1.165, 1.54) is 30.9 Å². The lowest BCUT2D eigenvalue weighted by molar-refractivity contribution is 0.561. The quantitative estimate of drug-likeness (QED) is 0.440. The Morgan fingerprint density at radius 2 is 1.81 bits per heavy atom. The summed E-state index contributed by atoms with van der Waals surface area (Å²) in [6.07, 6.45) is 2.80. The maximum Gasteiger partial charge on any atom is 0.263 e. The van der Waals surface area contributed by atoms with Crippen LogP contribution in [-0.2, 0) is 0 Å². The topological polar surface area (TPSA) is 88.5 Å². The van der Waals surface area contributed by atoms with Gasteiger partial charge in [-0.25, -0.2) is 28.1 Å². The van der Waals surface area contributed by atoms with Crippen LogP contribution >= 0.6 is 0 Å². The number of halogens is 3. The second kappa shape index (κ2) is 7.49. The number of rotatable bonds is 4. The minimum Gasteiger partial charge on any atom is -0.360 e. The largest absolute Gasteiger partial charge is 0.360 e. The Hall–Kier alpha value is -4.21. The molecule has 0 aliphatic rings. The van der Waals surface area contributed by atoms with Gasteiger partial charge in [0.05, 0.1) is 17.8 Å². The molecule has 0 unspecified atom stereocenters. The van der Waals surface area contributed by atoms with Gasteiger partial charge in [-0.1, -0.05) is 12.1 Å². The summed E-state index contributed by atoms with van der Waals surface area (Å²) < 4.78 is 44.2. The van der Waals surface area contributed by atoms with Crippen LogP contribution < -0.4 is 10.9 Å². The average Bonchev–Trinajstić information content (AvgIpc) is 3.25. The zero-order valence-corrected chi connectivity index (χ0v) is 16.6. The third-order valence-electron chi connectivity index (χ3n) is 5.19. The molecule has 1 atom stereocenters. The molecular formula is C22H15F3N6O. The Balaban J connectivity index is 1.75. The number of hydrogen-bond donors (Lipinski definition) is 2. The lowest BCUT2D eigenvalue weighted by Crippen LogP contribution is -2.27. The van der Waals surface area contributed by atoms with E-state index in [2.05, 4.69) is 25.3 Å². The van der Waals surface area contributed by atoms with E-state index in [9.17, 15) is 18.0 Å². The zero-order chi connectivity index (χ0) is 22.4. The van der Waals surface area contributed by atoms with Gasteiger partial charge in [0.2, 0.25) is 0 Å². The third kappa shape index (κ3) is 3.16. The fourth-order valence-electron chi connectivity index (χ4n) is 3.70. The number of aromatic nitrogens is 5. The van der Waals surface area contributed by atoms with Crippen LogP contribution in [0.1, 0.15) is 18.7 Å². The summed E-state index contributed by atoms with van der Waals surface area (Å²) in [5, 5.41) is 3.56. The maximum atomic E-state index is 14.7. The van der Waals surface area contributed by atoms with Crippen molar-refractivity contribution in [3.05, 3.63) is 88.6 Å². The van der Waals surface area contributed by atoms with Crippen LogP contribution in [0.4, 0.5) is 19.0 Å². The summed E-state index contributed by atoms with van der Waals surface area (Å²) in [4.78, 5) is 28.6. The second-order valence-electron chi connectivity index (χ2n) is 7.20. The number of pyridine rings is 1. The highest BCUT2D eigenvalue weighted by atomic mass is 19.1. The zero-order valence-electron chi connectivity index (χ0n) is 16.6. The number of hydrogen-bond acceptors (Lipinski definition) is 5. The highest BCUT2D eigenvalue weighted by Crippen LogP contribution is 2.27. The summed E-state index contributed by atoms with van der Waals surface area (Å²) in [6, 6.07) is 7.97. The highest BCUT2D eigenvalue weighted by Gasteiger charge is 2.22. The molecule has 7 nitrogen and oxygen atoms in total. The molecule has 0 saturated heterocycles. The van der Waals surface area contributed by atoms with Crippen LogP contribution in [0.2, 0.25) is 0 Å². The monoisotopic (exact) mass is 436 g/mol. The number of nitrogens with zero attached hydrogens (tertiary/aromatic N) is 4. The van der Waals surface area contributed by atoms with Crippen molar-refractivity contribution in [3.63, 3.8) is 0 Å². The molecular weight excluding hydrogens is 421 g/mol. The molecule has 0 radical (unpaired) electrons. The molecule has 0 bridgehead atoms. The molecule has 3 aromatic heterocycles. The first-order valence-electron chi connectivity index (χ1n) is 9.64. The first-order chi connectivity index (χ1) is 15.4. The van der Waals surface area contributed by atoms with Gasteiger partial charge in [-0.3, -0.25) is 9.36 Å². The molecule has 3 heterocycles. The molecule has 5 aromatic rings. The number of imidazole rings is 1. The molecule has 0 amide bonds. The number of nitrogens with one attached hydrogen (secondary N) is 2. The lowest BCUT2D eigenvalue weighted by atomic mass is 10.1. The van der Waals surface area contributed by atoms with E-state index in [0.29, 0.717) is 22.4 Å². The van der Waals surface area contributed by atoms with E-state index < -0.39 is 34.7 Å². The highest BCUT2D eigenvalue weighted by molar-refractivity contribution is 5.84. The van der Waals surface area contributed by atoms with Crippen molar-refractivity contribution < 1.29 is 13.2 Å². The number of H-pyrrole nitrogens is 1. The summed E-state index contributed by atoms with van der Waals surface area (Å²) in [5.41, 5.74) is -0.0722. The van der Waals surface area contributed by atoms with Gasteiger partial charge in [0, 0.05) is 5.69 Å². The molecule has 0 fully saturated rings. The van der Waals surface area contributed by atoms with E-state index in [0.717, 1.165) is 22.8 Å². The van der Waals surface area contributed by atoms with E-state index >= 15 is 0 Å². The first kappa shape index (κ1) is 19.7. The smallest absolute Gasteiger partial charge is 0.263 e. The van der Waals surface area contributed by atoms with Gasteiger partial charge in [0.15, 0.2) is 11.5 Å². The van der Waals surface area contributed by atoms with Crippen molar-refractivity contribution >= 4 is 27.8 Å². The van der Waals surface area contributed by atoms with Crippen molar-refractivity contribution in [2.45, 2.75) is 13.0 Å². The van der Waals surface area contributed by atoms with Crippen LogP contribution in [0.5, 0.6) is 0 Å². The van der Waals surface area contributed by atoms with E-state index in [4.69, 9.17) is 0 Å². The molecule has 2 aromatic carbocycles.